The van der Waals surface area contributed by atoms with Crippen LogP contribution in [-0.4, -0.2) is 43.2 Å². The predicted molar refractivity (Wildman–Crippen MR) is 110 cm³/mol. The van der Waals surface area contributed by atoms with E-state index in [1.54, 1.807) is 11.8 Å². The third-order valence-corrected chi connectivity index (χ3v) is 4.99. The lowest BCUT2D eigenvalue weighted by Crippen LogP contribution is -2.34. The number of carbonyl (C=O) groups is 3. The van der Waals surface area contributed by atoms with Gasteiger partial charge in [0.1, 0.15) is 6.54 Å². The Kier molecular flexibility index (Phi) is 9.39. The Morgan fingerprint density at radius 1 is 0.935 bits per heavy atom. The molecule has 2 aromatic rings. The highest BCUT2D eigenvalue weighted by atomic mass is 32.2. The number of alkyl halides is 3. The minimum atomic E-state index is -4.50. The second-order valence-corrected chi connectivity index (χ2v) is 7.45. The Bertz CT molecular complexity index is 874. The Hall–Kier alpha value is -3.01. The van der Waals surface area contributed by atoms with E-state index in [0.29, 0.717) is 6.54 Å². The standard InChI is InChI=1S/C21H21F3N2O4S/c22-21(23,24)16-9-7-15(8-10-16)20(29)26-13-19(28)30-14-18(27)25-11-4-12-31-17-5-2-1-3-6-17/h1-3,5-10H,4,11-14H2,(H,25,27)(H,26,29). The molecule has 0 aliphatic rings. The number of rotatable bonds is 10. The molecule has 0 fully saturated rings. The van der Waals surface area contributed by atoms with Gasteiger partial charge in [-0.25, -0.2) is 0 Å². The van der Waals surface area contributed by atoms with Crippen molar-refractivity contribution in [1.82, 2.24) is 10.6 Å². The molecule has 0 aromatic heterocycles. The molecule has 0 unspecified atom stereocenters. The van der Waals surface area contributed by atoms with Gasteiger partial charge in [0.25, 0.3) is 11.8 Å². The first-order valence-corrected chi connectivity index (χ1v) is 10.3. The van der Waals surface area contributed by atoms with Crippen molar-refractivity contribution in [3.05, 3.63) is 65.7 Å². The van der Waals surface area contributed by atoms with Crippen molar-refractivity contribution in [2.45, 2.75) is 17.5 Å². The molecule has 0 heterocycles. The van der Waals surface area contributed by atoms with Crippen LogP contribution in [0.2, 0.25) is 0 Å². The van der Waals surface area contributed by atoms with Crippen LogP contribution in [0.5, 0.6) is 0 Å². The van der Waals surface area contributed by atoms with Crippen LogP contribution in [0, 0.1) is 0 Å². The summed E-state index contributed by atoms with van der Waals surface area (Å²) in [4.78, 5) is 36.3. The summed E-state index contributed by atoms with van der Waals surface area (Å²) in [6, 6.07) is 13.4. The maximum absolute atomic E-state index is 12.5. The van der Waals surface area contributed by atoms with E-state index >= 15 is 0 Å². The fraction of sp³-hybridized carbons (Fsp3) is 0.286. The van der Waals surface area contributed by atoms with E-state index in [0.717, 1.165) is 41.3 Å². The highest BCUT2D eigenvalue weighted by Crippen LogP contribution is 2.29. The van der Waals surface area contributed by atoms with Crippen molar-refractivity contribution in [2.75, 3.05) is 25.4 Å². The van der Waals surface area contributed by atoms with Crippen LogP contribution in [0.25, 0.3) is 0 Å². The average Bonchev–Trinajstić information content (AvgIpc) is 2.76. The molecule has 166 valence electrons. The molecule has 0 aliphatic carbocycles. The Labute approximate surface area is 181 Å². The summed E-state index contributed by atoms with van der Waals surface area (Å²) in [5, 5.41) is 4.85. The Morgan fingerprint density at radius 2 is 1.61 bits per heavy atom. The molecule has 2 N–H and O–H groups in total. The summed E-state index contributed by atoms with van der Waals surface area (Å²) in [5.41, 5.74) is -0.917. The molecule has 0 radical (unpaired) electrons. The van der Waals surface area contributed by atoms with Gasteiger partial charge in [-0.1, -0.05) is 18.2 Å². The van der Waals surface area contributed by atoms with Gasteiger partial charge >= 0.3 is 12.1 Å². The number of hydrogen-bond acceptors (Lipinski definition) is 5. The molecule has 0 spiro atoms. The van der Waals surface area contributed by atoms with Crippen molar-refractivity contribution in [3.63, 3.8) is 0 Å². The van der Waals surface area contributed by atoms with Crippen LogP contribution >= 0.6 is 11.8 Å². The van der Waals surface area contributed by atoms with Crippen LogP contribution in [0.4, 0.5) is 13.2 Å². The van der Waals surface area contributed by atoms with Gasteiger partial charge < -0.3 is 15.4 Å². The fourth-order valence-electron chi connectivity index (χ4n) is 2.32. The highest BCUT2D eigenvalue weighted by Gasteiger charge is 2.30. The summed E-state index contributed by atoms with van der Waals surface area (Å²) in [6.45, 7) is -0.567. The van der Waals surface area contributed by atoms with Crippen LogP contribution in [0.1, 0.15) is 22.3 Å². The number of amides is 2. The molecule has 0 bridgehead atoms. The molecule has 0 aliphatic heterocycles. The first-order chi connectivity index (χ1) is 14.8. The van der Waals surface area contributed by atoms with Crippen molar-refractivity contribution in [2.24, 2.45) is 0 Å². The molecule has 0 saturated heterocycles. The fourth-order valence-corrected chi connectivity index (χ4v) is 3.19. The molecule has 6 nitrogen and oxygen atoms in total. The molecule has 2 aromatic carbocycles. The molecular weight excluding hydrogens is 433 g/mol. The molecule has 0 saturated carbocycles. The summed E-state index contributed by atoms with van der Waals surface area (Å²) in [6.07, 6.45) is -3.76. The predicted octanol–water partition coefficient (Wildman–Crippen LogP) is 3.28. The van der Waals surface area contributed by atoms with Gasteiger partial charge in [0, 0.05) is 17.0 Å². The Morgan fingerprint density at radius 3 is 2.26 bits per heavy atom. The van der Waals surface area contributed by atoms with E-state index in [2.05, 4.69) is 10.6 Å². The number of nitrogens with one attached hydrogen (secondary N) is 2. The first kappa shape index (κ1) is 24.3. The lowest BCUT2D eigenvalue weighted by molar-refractivity contribution is -0.147. The summed E-state index contributed by atoms with van der Waals surface area (Å²) >= 11 is 1.67. The smallest absolute Gasteiger partial charge is 0.416 e. The van der Waals surface area contributed by atoms with E-state index in [4.69, 9.17) is 4.74 Å². The van der Waals surface area contributed by atoms with Crippen LogP contribution < -0.4 is 10.6 Å². The highest BCUT2D eigenvalue weighted by molar-refractivity contribution is 7.99. The van der Waals surface area contributed by atoms with Crippen molar-refractivity contribution in [3.8, 4) is 0 Å². The largest absolute Gasteiger partial charge is 0.454 e. The van der Waals surface area contributed by atoms with Gasteiger partial charge in [0.2, 0.25) is 0 Å². The second-order valence-electron chi connectivity index (χ2n) is 6.28. The zero-order chi connectivity index (χ0) is 22.7. The maximum Gasteiger partial charge on any atom is 0.416 e. The summed E-state index contributed by atoms with van der Waals surface area (Å²) < 4.78 is 42.3. The lowest BCUT2D eigenvalue weighted by atomic mass is 10.1. The zero-order valence-corrected chi connectivity index (χ0v) is 17.2. The summed E-state index contributed by atoms with van der Waals surface area (Å²) in [7, 11) is 0. The maximum atomic E-state index is 12.5. The normalized spacial score (nSPS) is 10.9. The van der Waals surface area contributed by atoms with E-state index < -0.39 is 42.7 Å². The third kappa shape index (κ3) is 9.12. The quantitative estimate of drug-likeness (QED) is 0.327. The third-order valence-electron chi connectivity index (χ3n) is 3.89. The number of thioether (sulfide) groups is 1. The van der Waals surface area contributed by atoms with Crippen LogP contribution in [-0.2, 0) is 20.5 Å². The van der Waals surface area contributed by atoms with Gasteiger partial charge in [0.15, 0.2) is 6.61 Å². The lowest BCUT2D eigenvalue weighted by Gasteiger charge is -2.09. The van der Waals surface area contributed by atoms with E-state index in [-0.39, 0.29) is 5.56 Å². The molecule has 2 amide bonds. The van der Waals surface area contributed by atoms with Gasteiger partial charge in [-0.3, -0.25) is 14.4 Å². The van der Waals surface area contributed by atoms with Gasteiger partial charge in [-0.2, -0.15) is 13.2 Å². The van der Waals surface area contributed by atoms with Gasteiger partial charge in [-0.15, -0.1) is 11.8 Å². The Balaban J connectivity index is 1.58. The van der Waals surface area contributed by atoms with Gasteiger partial charge in [0.05, 0.1) is 5.56 Å². The zero-order valence-electron chi connectivity index (χ0n) is 16.4. The number of ether oxygens (including phenoxy) is 1. The number of halogens is 3. The number of carbonyl (C=O) groups excluding carboxylic acids is 3. The average molecular weight is 454 g/mol. The topological polar surface area (TPSA) is 84.5 Å². The molecule has 0 atom stereocenters. The summed E-state index contributed by atoms with van der Waals surface area (Å²) in [5.74, 6) is -1.21. The van der Waals surface area contributed by atoms with Crippen LogP contribution in [0.3, 0.4) is 0 Å². The van der Waals surface area contributed by atoms with Crippen molar-refractivity contribution in [1.29, 1.82) is 0 Å². The first-order valence-electron chi connectivity index (χ1n) is 9.31. The van der Waals surface area contributed by atoms with E-state index in [1.807, 2.05) is 30.3 Å². The minimum absolute atomic E-state index is 0.0353. The van der Waals surface area contributed by atoms with Crippen molar-refractivity contribution < 1.29 is 32.3 Å². The number of hydrogen-bond donors (Lipinski definition) is 2. The van der Waals surface area contributed by atoms with E-state index in [1.165, 1.54) is 0 Å². The SMILES string of the molecule is O=C(COC(=O)CNC(=O)c1ccc(C(F)(F)F)cc1)NCCCSc1ccccc1. The van der Waals surface area contributed by atoms with E-state index in [9.17, 15) is 27.6 Å². The molecule has 2 rings (SSSR count). The molecule has 31 heavy (non-hydrogen) atoms. The number of benzene rings is 2. The van der Waals surface area contributed by atoms with Crippen LogP contribution in [0.15, 0.2) is 59.5 Å². The number of esters is 1. The monoisotopic (exact) mass is 454 g/mol. The minimum Gasteiger partial charge on any atom is -0.454 e. The van der Waals surface area contributed by atoms with Gasteiger partial charge in [-0.05, 0) is 48.6 Å². The molecule has 10 heteroatoms. The van der Waals surface area contributed by atoms with Crippen molar-refractivity contribution >= 4 is 29.5 Å². The second kappa shape index (κ2) is 12.0. The molecular formula is C21H21F3N2O4S.